The summed E-state index contributed by atoms with van der Waals surface area (Å²) in [5.74, 6) is 1.64. The van der Waals surface area contributed by atoms with Gasteiger partial charge in [-0.2, -0.15) is 0 Å². The van der Waals surface area contributed by atoms with Crippen molar-refractivity contribution in [1.82, 2.24) is 14.9 Å². The number of likely N-dealkylation sites (tertiary alicyclic amines) is 1. The van der Waals surface area contributed by atoms with Gasteiger partial charge in [0.15, 0.2) is 0 Å². The van der Waals surface area contributed by atoms with Crippen molar-refractivity contribution in [3.05, 3.63) is 30.1 Å². The van der Waals surface area contributed by atoms with E-state index in [1.165, 1.54) is 0 Å². The standard InChI is InChI=1S/C17H23N5O2.ClH/c1-24-9-8-22-11-12(10-16(22)23)19-17-13-4-2-3-5-14(13)20-15(21-17)6-7-18;/h2-5,12H,6-11,18H2,1H3,(H,19,20,21);1H. The van der Waals surface area contributed by atoms with Gasteiger partial charge in [0.1, 0.15) is 11.6 Å². The Bertz CT molecular complexity index is 727. The summed E-state index contributed by atoms with van der Waals surface area (Å²) in [7, 11) is 1.64. The van der Waals surface area contributed by atoms with E-state index in [1.54, 1.807) is 7.11 Å². The van der Waals surface area contributed by atoms with Crippen LogP contribution in [-0.2, 0) is 16.0 Å². The highest BCUT2D eigenvalue weighted by atomic mass is 35.5. The van der Waals surface area contributed by atoms with Gasteiger partial charge in [-0.1, -0.05) is 12.1 Å². The molecule has 8 heteroatoms. The van der Waals surface area contributed by atoms with Gasteiger partial charge in [0.2, 0.25) is 5.91 Å². The molecule has 1 aromatic heterocycles. The molecule has 1 unspecified atom stereocenters. The molecule has 0 saturated carbocycles. The quantitative estimate of drug-likeness (QED) is 0.766. The van der Waals surface area contributed by atoms with Crippen molar-refractivity contribution < 1.29 is 9.53 Å². The fourth-order valence-corrected chi connectivity index (χ4v) is 2.96. The fourth-order valence-electron chi connectivity index (χ4n) is 2.96. The highest BCUT2D eigenvalue weighted by Crippen LogP contribution is 2.23. The topological polar surface area (TPSA) is 93.4 Å². The number of ether oxygens (including phenoxy) is 1. The van der Waals surface area contributed by atoms with E-state index in [-0.39, 0.29) is 24.4 Å². The molecule has 1 aliphatic heterocycles. The van der Waals surface area contributed by atoms with Gasteiger partial charge in [0.25, 0.3) is 0 Å². The average molecular weight is 366 g/mol. The van der Waals surface area contributed by atoms with Crippen molar-refractivity contribution in [2.24, 2.45) is 5.73 Å². The van der Waals surface area contributed by atoms with Crippen molar-refractivity contribution in [1.29, 1.82) is 0 Å². The summed E-state index contributed by atoms with van der Waals surface area (Å²) >= 11 is 0. The molecule has 1 aliphatic rings. The Hall–Kier alpha value is -1.96. The lowest BCUT2D eigenvalue weighted by atomic mass is 10.2. The van der Waals surface area contributed by atoms with Crippen molar-refractivity contribution in [2.45, 2.75) is 18.9 Å². The van der Waals surface area contributed by atoms with E-state index in [9.17, 15) is 4.79 Å². The SMILES string of the molecule is COCCN1CC(Nc2nc(CCN)nc3ccccc23)CC1=O.Cl. The summed E-state index contributed by atoms with van der Waals surface area (Å²) in [6.07, 6.45) is 1.09. The molecule has 3 N–H and O–H groups in total. The average Bonchev–Trinajstić information content (AvgIpc) is 2.92. The second kappa shape index (κ2) is 8.94. The van der Waals surface area contributed by atoms with E-state index in [0.717, 1.165) is 22.5 Å². The molecule has 0 spiro atoms. The lowest BCUT2D eigenvalue weighted by Crippen LogP contribution is -2.31. The van der Waals surface area contributed by atoms with Crippen LogP contribution in [0.15, 0.2) is 24.3 Å². The molecule has 0 bridgehead atoms. The van der Waals surface area contributed by atoms with E-state index < -0.39 is 0 Å². The minimum atomic E-state index is 0. The first kappa shape index (κ1) is 19.4. The molecule has 7 nitrogen and oxygen atoms in total. The monoisotopic (exact) mass is 365 g/mol. The van der Waals surface area contributed by atoms with E-state index in [1.807, 2.05) is 29.2 Å². The van der Waals surface area contributed by atoms with Crippen LogP contribution in [-0.4, -0.2) is 60.2 Å². The zero-order valence-corrected chi connectivity index (χ0v) is 15.1. The van der Waals surface area contributed by atoms with Crippen LogP contribution in [0.4, 0.5) is 5.82 Å². The molecule has 0 radical (unpaired) electrons. The Labute approximate surface area is 153 Å². The molecule has 1 atom stereocenters. The van der Waals surface area contributed by atoms with Crippen LogP contribution in [0.5, 0.6) is 0 Å². The maximum absolute atomic E-state index is 12.1. The summed E-state index contributed by atoms with van der Waals surface area (Å²) in [4.78, 5) is 23.1. The Balaban J connectivity index is 0.00000225. The second-order valence-corrected chi connectivity index (χ2v) is 5.92. The highest BCUT2D eigenvalue weighted by molar-refractivity contribution is 5.89. The number of nitrogens with one attached hydrogen (secondary N) is 1. The van der Waals surface area contributed by atoms with Gasteiger partial charge in [-0.25, -0.2) is 9.97 Å². The molecule has 1 aromatic carbocycles. The van der Waals surface area contributed by atoms with Crippen molar-refractivity contribution in [3.8, 4) is 0 Å². The third-order valence-corrected chi connectivity index (χ3v) is 4.14. The second-order valence-electron chi connectivity index (χ2n) is 5.92. The minimum Gasteiger partial charge on any atom is -0.383 e. The number of fused-ring (bicyclic) bond motifs is 1. The first-order valence-corrected chi connectivity index (χ1v) is 8.20. The van der Waals surface area contributed by atoms with Gasteiger partial charge in [-0.3, -0.25) is 4.79 Å². The zero-order chi connectivity index (χ0) is 16.9. The number of nitrogens with zero attached hydrogens (tertiary/aromatic N) is 3. The van der Waals surface area contributed by atoms with Crippen LogP contribution in [0.25, 0.3) is 10.9 Å². The summed E-state index contributed by atoms with van der Waals surface area (Å²) in [5.41, 5.74) is 6.53. The molecule has 2 aromatic rings. The van der Waals surface area contributed by atoms with Gasteiger partial charge in [0.05, 0.1) is 18.2 Å². The van der Waals surface area contributed by atoms with Gasteiger partial charge in [-0.15, -0.1) is 12.4 Å². The first-order chi connectivity index (χ1) is 11.7. The van der Waals surface area contributed by atoms with Gasteiger partial charge < -0.3 is 20.7 Å². The van der Waals surface area contributed by atoms with Gasteiger partial charge >= 0.3 is 0 Å². The fraction of sp³-hybridized carbons (Fsp3) is 0.471. The van der Waals surface area contributed by atoms with E-state index in [0.29, 0.717) is 39.1 Å². The molecule has 0 aliphatic carbocycles. The lowest BCUT2D eigenvalue weighted by Gasteiger charge is -2.18. The lowest BCUT2D eigenvalue weighted by molar-refractivity contribution is -0.128. The van der Waals surface area contributed by atoms with Gasteiger partial charge in [-0.05, 0) is 18.7 Å². The van der Waals surface area contributed by atoms with Crippen molar-refractivity contribution in [2.75, 3.05) is 38.7 Å². The Kier molecular flexibility index (Phi) is 6.92. The van der Waals surface area contributed by atoms with Crippen LogP contribution in [0.1, 0.15) is 12.2 Å². The molecule has 1 fully saturated rings. The number of aromatic nitrogens is 2. The number of carbonyl (C=O) groups excluding carboxylic acids is 1. The number of anilines is 1. The third kappa shape index (κ3) is 4.56. The molecule has 136 valence electrons. The Morgan fingerprint density at radius 2 is 2.16 bits per heavy atom. The molecular formula is C17H24ClN5O2. The number of benzene rings is 1. The zero-order valence-electron chi connectivity index (χ0n) is 14.3. The van der Waals surface area contributed by atoms with E-state index >= 15 is 0 Å². The number of hydrogen-bond donors (Lipinski definition) is 2. The summed E-state index contributed by atoms with van der Waals surface area (Å²) < 4.78 is 5.06. The number of halogens is 1. The van der Waals surface area contributed by atoms with E-state index in [4.69, 9.17) is 10.5 Å². The summed E-state index contributed by atoms with van der Waals surface area (Å²) in [6.45, 7) is 2.34. The molecule has 1 saturated heterocycles. The predicted molar refractivity (Wildman–Crippen MR) is 100 cm³/mol. The molecule has 2 heterocycles. The molecular weight excluding hydrogens is 342 g/mol. The molecule has 3 rings (SSSR count). The van der Waals surface area contributed by atoms with Crippen LogP contribution in [0.2, 0.25) is 0 Å². The van der Waals surface area contributed by atoms with Crippen LogP contribution < -0.4 is 11.1 Å². The highest BCUT2D eigenvalue weighted by Gasteiger charge is 2.29. The first-order valence-electron chi connectivity index (χ1n) is 8.20. The predicted octanol–water partition coefficient (Wildman–Crippen LogP) is 1.21. The van der Waals surface area contributed by atoms with Crippen LogP contribution in [0, 0.1) is 0 Å². The number of rotatable bonds is 7. The smallest absolute Gasteiger partial charge is 0.224 e. The molecule has 1 amide bonds. The molecule has 25 heavy (non-hydrogen) atoms. The van der Waals surface area contributed by atoms with Crippen LogP contribution in [0.3, 0.4) is 0 Å². The normalized spacial score (nSPS) is 17.0. The van der Waals surface area contributed by atoms with E-state index in [2.05, 4.69) is 15.3 Å². The number of carbonyl (C=O) groups is 1. The summed E-state index contributed by atoms with van der Waals surface area (Å²) in [6, 6.07) is 7.91. The largest absolute Gasteiger partial charge is 0.383 e. The third-order valence-electron chi connectivity index (χ3n) is 4.14. The number of amides is 1. The van der Waals surface area contributed by atoms with Crippen molar-refractivity contribution in [3.63, 3.8) is 0 Å². The number of nitrogens with two attached hydrogens (primary N) is 1. The maximum atomic E-state index is 12.1. The van der Waals surface area contributed by atoms with Gasteiger partial charge in [0, 0.05) is 38.4 Å². The minimum absolute atomic E-state index is 0. The maximum Gasteiger partial charge on any atom is 0.224 e. The Morgan fingerprint density at radius 3 is 2.92 bits per heavy atom. The summed E-state index contributed by atoms with van der Waals surface area (Å²) in [5, 5.41) is 4.38. The van der Waals surface area contributed by atoms with Crippen molar-refractivity contribution >= 4 is 35.0 Å². The number of hydrogen-bond acceptors (Lipinski definition) is 6. The van der Waals surface area contributed by atoms with Crippen LogP contribution >= 0.6 is 12.4 Å². The number of para-hydroxylation sites is 1. The Morgan fingerprint density at radius 1 is 1.36 bits per heavy atom. The number of methoxy groups -OCH3 is 1.